The third-order valence-electron chi connectivity index (χ3n) is 3.11. The van der Waals surface area contributed by atoms with E-state index in [1.165, 1.54) is 5.56 Å². The van der Waals surface area contributed by atoms with E-state index in [1.807, 2.05) is 24.3 Å². The Morgan fingerprint density at radius 3 is 3.00 bits per heavy atom. The molecule has 0 radical (unpaired) electrons. The lowest BCUT2D eigenvalue weighted by molar-refractivity contribution is 0.336. The molecular formula is C18H19FN2. The lowest BCUT2D eigenvalue weighted by atomic mass is 10.1. The third kappa shape index (κ3) is 4.68. The zero-order chi connectivity index (χ0) is 15.1. The quantitative estimate of drug-likeness (QED) is 0.466. The number of aromatic nitrogens is 2. The van der Waals surface area contributed by atoms with Crippen LogP contribution in [0.5, 0.6) is 0 Å². The topological polar surface area (TPSA) is 25.8 Å². The van der Waals surface area contributed by atoms with Gasteiger partial charge in [0.25, 0.3) is 0 Å². The summed E-state index contributed by atoms with van der Waals surface area (Å²) in [4.78, 5) is 8.87. The normalized spacial score (nSPS) is 11.7. The summed E-state index contributed by atoms with van der Waals surface area (Å²) >= 11 is 0. The first-order valence-electron chi connectivity index (χ1n) is 7.18. The van der Waals surface area contributed by atoms with E-state index in [-0.39, 0.29) is 0 Å². The van der Waals surface area contributed by atoms with Gasteiger partial charge in [0.1, 0.15) is 5.69 Å². The Bertz CT molecular complexity index is 680. The van der Waals surface area contributed by atoms with Crippen LogP contribution >= 0.6 is 0 Å². The van der Waals surface area contributed by atoms with E-state index < -0.39 is 6.17 Å². The molecule has 0 saturated carbocycles. The molecule has 1 unspecified atom stereocenters. The summed E-state index contributed by atoms with van der Waals surface area (Å²) in [6.07, 6.45) is 5.65. The zero-order valence-electron chi connectivity index (χ0n) is 12.3. The van der Waals surface area contributed by atoms with E-state index in [0.29, 0.717) is 18.5 Å². The van der Waals surface area contributed by atoms with Gasteiger partial charge in [0.15, 0.2) is 0 Å². The fourth-order valence-electron chi connectivity index (χ4n) is 2.03. The molecule has 0 aliphatic rings. The van der Waals surface area contributed by atoms with Crippen molar-refractivity contribution in [2.24, 2.45) is 0 Å². The van der Waals surface area contributed by atoms with Gasteiger partial charge in [-0.2, -0.15) is 0 Å². The molecule has 0 spiro atoms. The Kier molecular flexibility index (Phi) is 5.45. The molecule has 0 fully saturated rings. The molecule has 1 heterocycles. The second kappa shape index (κ2) is 7.54. The van der Waals surface area contributed by atoms with E-state index in [1.54, 1.807) is 13.1 Å². The van der Waals surface area contributed by atoms with Crippen molar-refractivity contribution in [3.05, 3.63) is 48.3 Å². The highest BCUT2D eigenvalue weighted by Gasteiger charge is 1.99. The Balaban J connectivity index is 2.07. The van der Waals surface area contributed by atoms with Gasteiger partial charge in [-0.3, -0.25) is 4.98 Å². The summed E-state index contributed by atoms with van der Waals surface area (Å²) in [6, 6.07) is 6.00. The van der Waals surface area contributed by atoms with Crippen molar-refractivity contribution in [1.82, 2.24) is 9.97 Å². The van der Waals surface area contributed by atoms with E-state index >= 15 is 0 Å². The van der Waals surface area contributed by atoms with Gasteiger partial charge in [0.2, 0.25) is 0 Å². The number of halogens is 1. The molecule has 0 amide bonds. The number of fused-ring (bicyclic) bond motifs is 1. The maximum Gasteiger partial charge on any atom is 0.132 e. The molecule has 0 saturated heterocycles. The van der Waals surface area contributed by atoms with E-state index in [2.05, 4.69) is 28.4 Å². The van der Waals surface area contributed by atoms with Gasteiger partial charge in [-0.25, -0.2) is 9.37 Å². The Labute approximate surface area is 125 Å². The lowest BCUT2D eigenvalue weighted by Gasteiger charge is -2.00. The van der Waals surface area contributed by atoms with Crippen molar-refractivity contribution < 1.29 is 4.39 Å². The second-order valence-corrected chi connectivity index (χ2v) is 5.05. The van der Waals surface area contributed by atoms with Gasteiger partial charge in [0, 0.05) is 6.42 Å². The molecular weight excluding hydrogens is 263 g/mol. The number of benzene rings is 1. The average Bonchev–Trinajstić information content (AvgIpc) is 2.47. The first-order valence-corrected chi connectivity index (χ1v) is 7.18. The van der Waals surface area contributed by atoms with Gasteiger partial charge < -0.3 is 0 Å². The molecule has 1 atom stereocenters. The molecule has 1 aromatic carbocycles. The van der Waals surface area contributed by atoms with E-state index in [9.17, 15) is 4.39 Å². The first kappa shape index (κ1) is 15.2. The number of hydrogen-bond acceptors (Lipinski definition) is 2. The minimum atomic E-state index is -0.753. The van der Waals surface area contributed by atoms with Crippen LogP contribution in [0.4, 0.5) is 4.39 Å². The molecule has 3 heteroatoms. The van der Waals surface area contributed by atoms with Gasteiger partial charge >= 0.3 is 0 Å². The van der Waals surface area contributed by atoms with E-state index in [0.717, 1.165) is 23.9 Å². The van der Waals surface area contributed by atoms with Crippen LogP contribution in [0.1, 0.15) is 37.4 Å². The van der Waals surface area contributed by atoms with Crippen LogP contribution in [-0.2, 0) is 6.42 Å². The van der Waals surface area contributed by atoms with Crippen LogP contribution in [0, 0.1) is 11.8 Å². The van der Waals surface area contributed by atoms with Gasteiger partial charge in [-0.1, -0.05) is 18.1 Å². The average molecular weight is 282 g/mol. The molecule has 0 aliphatic heterocycles. The predicted octanol–water partition coefficient (Wildman–Crippen LogP) is 4.24. The SMILES string of the molecule is C=CCc1ccc2nc(C#CCCCC(C)F)cnc2c1. The standard InChI is InChI=1S/C18H19FN2/c1-3-7-15-10-11-17-18(12-15)20-13-16(21-17)9-6-4-5-8-14(2)19/h3,10-14H,1,4-5,7-8H2,2H3. The van der Waals surface area contributed by atoms with Crippen molar-refractivity contribution in [1.29, 1.82) is 0 Å². The Morgan fingerprint density at radius 1 is 1.38 bits per heavy atom. The molecule has 0 bridgehead atoms. The maximum atomic E-state index is 12.6. The second-order valence-electron chi connectivity index (χ2n) is 5.05. The summed E-state index contributed by atoms with van der Waals surface area (Å²) in [6.45, 7) is 5.30. The largest absolute Gasteiger partial charge is 0.252 e. The summed E-state index contributed by atoms with van der Waals surface area (Å²) in [5.74, 6) is 6.01. The number of hydrogen-bond donors (Lipinski definition) is 0. The summed E-state index contributed by atoms with van der Waals surface area (Å²) < 4.78 is 12.6. The summed E-state index contributed by atoms with van der Waals surface area (Å²) in [5, 5.41) is 0. The highest BCUT2D eigenvalue weighted by Crippen LogP contribution is 2.13. The zero-order valence-corrected chi connectivity index (χ0v) is 12.3. The first-order chi connectivity index (χ1) is 10.2. The number of allylic oxidation sites excluding steroid dienone is 1. The minimum Gasteiger partial charge on any atom is -0.252 e. The van der Waals surface area contributed by atoms with Crippen LogP contribution in [0.25, 0.3) is 11.0 Å². The molecule has 108 valence electrons. The van der Waals surface area contributed by atoms with Gasteiger partial charge in [-0.15, -0.1) is 6.58 Å². The van der Waals surface area contributed by atoms with Crippen LogP contribution in [0.3, 0.4) is 0 Å². The molecule has 2 nitrogen and oxygen atoms in total. The van der Waals surface area contributed by atoms with Crippen molar-refractivity contribution in [3.63, 3.8) is 0 Å². The smallest absolute Gasteiger partial charge is 0.132 e. The molecule has 0 N–H and O–H groups in total. The molecule has 21 heavy (non-hydrogen) atoms. The highest BCUT2D eigenvalue weighted by molar-refractivity contribution is 5.75. The van der Waals surface area contributed by atoms with E-state index in [4.69, 9.17) is 0 Å². The van der Waals surface area contributed by atoms with Crippen LogP contribution in [0.15, 0.2) is 37.1 Å². The molecule has 2 aromatic rings. The number of unbranched alkanes of at least 4 members (excludes halogenated alkanes) is 1. The molecule has 1 aromatic heterocycles. The summed E-state index contributed by atoms with van der Waals surface area (Å²) in [5.41, 5.74) is 3.54. The fraction of sp³-hybridized carbons (Fsp3) is 0.333. The molecule has 2 rings (SSSR count). The predicted molar refractivity (Wildman–Crippen MR) is 84.7 cm³/mol. The number of alkyl halides is 1. The van der Waals surface area contributed by atoms with Crippen LogP contribution < -0.4 is 0 Å². The third-order valence-corrected chi connectivity index (χ3v) is 3.11. The highest BCUT2D eigenvalue weighted by atomic mass is 19.1. The number of nitrogens with zero attached hydrogens (tertiary/aromatic N) is 2. The Morgan fingerprint density at radius 2 is 2.24 bits per heavy atom. The minimum absolute atomic E-state index is 0.560. The molecule has 0 aliphatic carbocycles. The maximum absolute atomic E-state index is 12.6. The fourth-order valence-corrected chi connectivity index (χ4v) is 2.03. The Hall–Kier alpha value is -2.21. The lowest BCUT2D eigenvalue weighted by Crippen LogP contribution is -1.91. The van der Waals surface area contributed by atoms with Crippen LogP contribution in [-0.4, -0.2) is 16.1 Å². The van der Waals surface area contributed by atoms with Gasteiger partial charge in [-0.05, 0) is 49.8 Å². The number of rotatable bonds is 5. The van der Waals surface area contributed by atoms with Crippen molar-refractivity contribution in [2.75, 3.05) is 0 Å². The van der Waals surface area contributed by atoms with Crippen molar-refractivity contribution in [2.45, 2.75) is 38.8 Å². The summed E-state index contributed by atoms with van der Waals surface area (Å²) in [7, 11) is 0. The van der Waals surface area contributed by atoms with Crippen molar-refractivity contribution in [3.8, 4) is 11.8 Å². The van der Waals surface area contributed by atoms with Crippen LogP contribution in [0.2, 0.25) is 0 Å². The monoisotopic (exact) mass is 282 g/mol. The van der Waals surface area contributed by atoms with Gasteiger partial charge in [0.05, 0.1) is 23.4 Å². The van der Waals surface area contributed by atoms with Crippen molar-refractivity contribution >= 4 is 11.0 Å².